The third-order valence-electron chi connectivity index (χ3n) is 5.39. The number of nitrogens with one attached hydrogen (secondary N) is 2. The van der Waals surface area contributed by atoms with Crippen molar-refractivity contribution in [2.45, 2.75) is 0 Å². The zero-order valence-electron chi connectivity index (χ0n) is 18.8. The number of H-pyrrole nitrogens is 1. The van der Waals surface area contributed by atoms with E-state index in [-0.39, 0.29) is 22.8 Å². The van der Waals surface area contributed by atoms with Gasteiger partial charge in [0.2, 0.25) is 5.95 Å². The van der Waals surface area contributed by atoms with E-state index in [2.05, 4.69) is 20.3 Å². The molecule has 0 amide bonds. The van der Waals surface area contributed by atoms with Crippen LogP contribution < -0.4 is 10.2 Å². The van der Waals surface area contributed by atoms with E-state index in [9.17, 15) is 18.9 Å². The number of rotatable bonds is 8. The molecule has 4 rings (SSSR count). The maximum atomic E-state index is 14.6. The average molecular weight is 467 g/mol. The Morgan fingerprint density at radius 3 is 2.65 bits per heavy atom. The fraction of sp³-hybridized carbons (Fsp3) is 0.217. The Morgan fingerprint density at radius 1 is 1.12 bits per heavy atom. The van der Waals surface area contributed by atoms with Gasteiger partial charge < -0.3 is 20.1 Å². The number of nitro benzene ring substituents is 1. The van der Waals surface area contributed by atoms with Gasteiger partial charge in [0, 0.05) is 49.0 Å². The van der Waals surface area contributed by atoms with Gasteiger partial charge >= 0.3 is 0 Å². The number of benzene rings is 2. The lowest BCUT2D eigenvalue weighted by Gasteiger charge is -2.21. The highest BCUT2D eigenvalue weighted by Gasteiger charge is 2.20. The molecule has 0 fully saturated rings. The average Bonchev–Trinajstić information content (AvgIpc) is 3.24. The molecule has 9 nitrogen and oxygen atoms in total. The lowest BCUT2D eigenvalue weighted by atomic mass is 10.1. The molecule has 11 heteroatoms. The van der Waals surface area contributed by atoms with Crippen LogP contribution in [0.25, 0.3) is 22.2 Å². The summed E-state index contributed by atoms with van der Waals surface area (Å²) in [5.41, 5.74) is 1.36. The summed E-state index contributed by atoms with van der Waals surface area (Å²) in [6.07, 6.45) is 2.48. The highest BCUT2D eigenvalue weighted by molar-refractivity contribution is 5.95. The van der Waals surface area contributed by atoms with Crippen LogP contribution in [0.5, 0.6) is 0 Å². The number of halogens is 2. The standard InChI is InChI=1S/C23H23F2N7O2/c1-30(2)9-10-31(3)19-8-7-14(11-20(19)32(33)34)28-23-27-13-18(25)22(29-23)16-12-26-21-15(16)5-4-6-17(21)24/h4-8,11-13,26H,9-10H2,1-3H3,(H,27,28,29). The molecule has 0 aliphatic carbocycles. The predicted molar refractivity (Wildman–Crippen MR) is 127 cm³/mol. The second kappa shape index (κ2) is 9.40. The van der Waals surface area contributed by atoms with Crippen molar-refractivity contribution < 1.29 is 13.7 Å². The fourth-order valence-electron chi connectivity index (χ4n) is 3.60. The maximum Gasteiger partial charge on any atom is 0.294 e. The van der Waals surface area contributed by atoms with Crippen molar-refractivity contribution in [3.8, 4) is 11.3 Å². The highest BCUT2D eigenvalue weighted by atomic mass is 19.1. The molecule has 2 heterocycles. The predicted octanol–water partition coefficient (Wildman–Crippen LogP) is 4.55. The Balaban J connectivity index is 1.65. The number of para-hydroxylation sites is 1. The molecule has 0 unspecified atom stereocenters. The summed E-state index contributed by atoms with van der Waals surface area (Å²) in [5, 5.41) is 15.1. The normalized spacial score (nSPS) is 11.2. The van der Waals surface area contributed by atoms with Crippen LogP contribution in [0, 0.1) is 21.7 Å². The molecular formula is C23H23F2N7O2. The van der Waals surface area contributed by atoms with E-state index in [1.165, 1.54) is 24.4 Å². The van der Waals surface area contributed by atoms with Crippen LogP contribution in [0.1, 0.15) is 0 Å². The molecule has 2 aromatic carbocycles. The van der Waals surface area contributed by atoms with E-state index in [1.54, 1.807) is 25.2 Å². The number of fused-ring (bicyclic) bond motifs is 1. The lowest BCUT2D eigenvalue weighted by molar-refractivity contribution is -0.384. The summed E-state index contributed by atoms with van der Waals surface area (Å²) >= 11 is 0. The minimum Gasteiger partial charge on any atom is -0.368 e. The van der Waals surface area contributed by atoms with Crippen molar-refractivity contribution in [1.29, 1.82) is 0 Å². The Kier molecular flexibility index (Phi) is 6.37. The molecule has 34 heavy (non-hydrogen) atoms. The second-order valence-corrected chi connectivity index (χ2v) is 8.07. The van der Waals surface area contributed by atoms with Crippen LogP contribution in [0.15, 0.2) is 48.8 Å². The summed E-state index contributed by atoms with van der Waals surface area (Å²) in [4.78, 5) is 26.0. The first-order chi connectivity index (χ1) is 16.2. The van der Waals surface area contributed by atoms with Gasteiger partial charge in [0.25, 0.3) is 5.69 Å². The Bertz CT molecular complexity index is 1360. The largest absolute Gasteiger partial charge is 0.368 e. The van der Waals surface area contributed by atoms with E-state index >= 15 is 0 Å². The maximum absolute atomic E-state index is 14.6. The van der Waals surface area contributed by atoms with Gasteiger partial charge in [0.05, 0.1) is 16.6 Å². The topological polar surface area (TPSA) is 103 Å². The first-order valence-corrected chi connectivity index (χ1v) is 10.4. The summed E-state index contributed by atoms with van der Waals surface area (Å²) in [6, 6.07) is 9.19. The number of hydrogen-bond acceptors (Lipinski definition) is 7. The number of nitro groups is 1. The van der Waals surface area contributed by atoms with E-state index < -0.39 is 16.6 Å². The van der Waals surface area contributed by atoms with Gasteiger partial charge in [-0.15, -0.1) is 0 Å². The summed E-state index contributed by atoms with van der Waals surface area (Å²) in [6.45, 7) is 1.34. The van der Waals surface area contributed by atoms with Gasteiger partial charge in [-0.3, -0.25) is 10.1 Å². The minimum atomic E-state index is -0.681. The number of hydrogen-bond donors (Lipinski definition) is 2. The van der Waals surface area contributed by atoms with Gasteiger partial charge in [-0.25, -0.2) is 18.7 Å². The van der Waals surface area contributed by atoms with Crippen molar-refractivity contribution >= 4 is 33.9 Å². The van der Waals surface area contributed by atoms with Crippen molar-refractivity contribution in [3.05, 3.63) is 70.5 Å². The SMILES string of the molecule is CN(C)CCN(C)c1ccc(Nc2ncc(F)c(-c3c[nH]c4c(F)cccc34)n2)cc1[N+](=O)[O-]. The smallest absolute Gasteiger partial charge is 0.294 e. The van der Waals surface area contributed by atoms with Crippen molar-refractivity contribution in [1.82, 2.24) is 19.9 Å². The Hall–Kier alpha value is -4.12. The third kappa shape index (κ3) is 4.64. The monoisotopic (exact) mass is 467 g/mol. The molecule has 0 atom stereocenters. The molecule has 0 saturated heterocycles. The molecule has 0 spiro atoms. The van der Waals surface area contributed by atoms with Crippen molar-refractivity contribution in [3.63, 3.8) is 0 Å². The number of anilines is 3. The van der Waals surface area contributed by atoms with Gasteiger partial charge in [-0.1, -0.05) is 12.1 Å². The van der Waals surface area contributed by atoms with Crippen molar-refractivity contribution in [2.75, 3.05) is 44.4 Å². The lowest BCUT2D eigenvalue weighted by Crippen LogP contribution is -2.28. The number of nitrogens with zero attached hydrogens (tertiary/aromatic N) is 5. The van der Waals surface area contributed by atoms with E-state index in [1.807, 2.05) is 23.9 Å². The van der Waals surface area contributed by atoms with Crippen LogP contribution in [0.4, 0.5) is 31.8 Å². The van der Waals surface area contributed by atoms with Crippen LogP contribution in [-0.4, -0.2) is 59.0 Å². The van der Waals surface area contributed by atoms with E-state index in [0.29, 0.717) is 28.9 Å². The molecule has 2 aromatic heterocycles. The summed E-state index contributed by atoms with van der Waals surface area (Å²) < 4.78 is 28.6. The zero-order chi connectivity index (χ0) is 24.4. The molecule has 4 aromatic rings. The van der Waals surface area contributed by atoms with Gasteiger partial charge in [0.1, 0.15) is 17.2 Å². The molecule has 0 radical (unpaired) electrons. The number of likely N-dealkylation sites (N-methyl/N-ethyl adjacent to an activating group) is 2. The first kappa shape index (κ1) is 23.1. The van der Waals surface area contributed by atoms with E-state index in [0.717, 1.165) is 12.7 Å². The second-order valence-electron chi connectivity index (χ2n) is 8.07. The molecule has 0 saturated carbocycles. The van der Waals surface area contributed by atoms with Gasteiger partial charge in [0.15, 0.2) is 5.82 Å². The minimum absolute atomic E-state index is 0.0242. The molecule has 0 bridgehead atoms. The zero-order valence-corrected chi connectivity index (χ0v) is 18.8. The molecule has 2 N–H and O–H groups in total. The summed E-state index contributed by atoms with van der Waals surface area (Å²) in [7, 11) is 5.65. The van der Waals surface area contributed by atoms with Gasteiger partial charge in [-0.05, 0) is 32.3 Å². The number of aromatic nitrogens is 3. The van der Waals surface area contributed by atoms with Crippen LogP contribution >= 0.6 is 0 Å². The Morgan fingerprint density at radius 2 is 1.91 bits per heavy atom. The first-order valence-electron chi connectivity index (χ1n) is 10.4. The number of aromatic amines is 1. The highest BCUT2D eigenvalue weighted by Crippen LogP contribution is 2.33. The summed E-state index contributed by atoms with van der Waals surface area (Å²) in [5.74, 6) is -1.09. The Labute approximate surface area is 194 Å². The van der Waals surface area contributed by atoms with Crippen LogP contribution in [0.3, 0.4) is 0 Å². The van der Waals surface area contributed by atoms with Gasteiger partial charge in [-0.2, -0.15) is 0 Å². The van der Waals surface area contributed by atoms with Crippen LogP contribution in [0.2, 0.25) is 0 Å². The molecule has 176 valence electrons. The van der Waals surface area contributed by atoms with E-state index in [4.69, 9.17) is 0 Å². The fourth-order valence-corrected chi connectivity index (χ4v) is 3.60. The molecule has 0 aliphatic rings. The van der Waals surface area contributed by atoms with Crippen molar-refractivity contribution in [2.24, 2.45) is 0 Å². The third-order valence-corrected chi connectivity index (χ3v) is 5.39. The molecular weight excluding hydrogens is 444 g/mol. The quantitative estimate of drug-likeness (QED) is 0.289. The van der Waals surface area contributed by atoms with Crippen LogP contribution in [-0.2, 0) is 0 Å². The molecule has 0 aliphatic heterocycles.